The van der Waals surface area contributed by atoms with E-state index in [1.807, 2.05) is 7.05 Å². The molecule has 3 atom stereocenters. The van der Waals surface area contributed by atoms with Gasteiger partial charge in [0.1, 0.15) is 6.17 Å². The maximum Gasteiger partial charge on any atom is 0.114 e. The standard InChI is InChI=1S/C10H19FN2/c1-12-9-3-2-4-10(9)13-6-5-8(11)7-13/h8-10,12H,2-7H2,1H3. The number of hydrogen-bond acceptors (Lipinski definition) is 2. The van der Waals surface area contributed by atoms with Crippen LogP contribution in [0.25, 0.3) is 0 Å². The van der Waals surface area contributed by atoms with Crippen LogP contribution in [-0.4, -0.2) is 43.3 Å². The van der Waals surface area contributed by atoms with Gasteiger partial charge in [-0.05, 0) is 26.3 Å². The number of nitrogens with one attached hydrogen (secondary N) is 1. The minimum Gasteiger partial charge on any atom is -0.315 e. The van der Waals surface area contributed by atoms with Gasteiger partial charge in [-0.3, -0.25) is 4.90 Å². The lowest BCUT2D eigenvalue weighted by Gasteiger charge is -2.28. The van der Waals surface area contributed by atoms with Crippen molar-refractivity contribution in [1.29, 1.82) is 0 Å². The van der Waals surface area contributed by atoms with Gasteiger partial charge in [0, 0.05) is 25.2 Å². The second-order valence-corrected chi connectivity index (χ2v) is 4.27. The molecule has 0 spiro atoms. The molecule has 76 valence electrons. The highest BCUT2D eigenvalue weighted by Gasteiger charge is 2.35. The molecule has 2 aliphatic rings. The van der Waals surface area contributed by atoms with Gasteiger partial charge in [0.05, 0.1) is 0 Å². The summed E-state index contributed by atoms with van der Waals surface area (Å²) in [5, 5.41) is 3.34. The number of likely N-dealkylation sites (tertiary alicyclic amines) is 1. The molecule has 1 aliphatic carbocycles. The molecular formula is C10H19FN2. The average molecular weight is 186 g/mol. The second kappa shape index (κ2) is 3.93. The predicted molar refractivity (Wildman–Crippen MR) is 51.6 cm³/mol. The van der Waals surface area contributed by atoms with Gasteiger partial charge in [-0.1, -0.05) is 6.42 Å². The van der Waals surface area contributed by atoms with Crippen LogP contribution >= 0.6 is 0 Å². The Hall–Kier alpha value is -0.150. The normalized spacial score (nSPS) is 41.5. The first-order valence-electron chi connectivity index (χ1n) is 5.36. The van der Waals surface area contributed by atoms with E-state index in [-0.39, 0.29) is 0 Å². The Balaban J connectivity index is 1.92. The summed E-state index contributed by atoms with van der Waals surface area (Å²) in [6.07, 6.45) is 3.97. The van der Waals surface area contributed by atoms with Crippen molar-refractivity contribution in [2.24, 2.45) is 0 Å². The van der Waals surface area contributed by atoms with Crippen molar-refractivity contribution in [3.63, 3.8) is 0 Å². The van der Waals surface area contributed by atoms with Crippen molar-refractivity contribution in [3.05, 3.63) is 0 Å². The minimum atomic E-state index is -0.571. The molecular weight excluding hydrogens is 167 g/mol. The van der Waals surface area contributed by atoms with Crippen molar-refractivity contribution in [1.82, 2.24) is 10.2 Å². The lowest BCUT2D eigenvalue weighted by atomic mass is 10.1. The molecule has 1 saturated carbocycles. The van der Waals surface area contributed by atoms with Gasteiger partial charge < -0.3 is 5.32 Å². The van der Waals surface area contributed by atoms with Crippen molar-refractivity contribution < 1.29 is 4.39 Å². The Labute approximate surface area is 79.5 Å². The van der Waals surface area contributed by atoms with Crippen LogP contribution in [0.1, 0.15) is 25.7 Å². The Morgan fingerprint density at radius 1 is 1.31 bits per heavy atom. The molecule has 0 bridgehead atoms. The molecule has 1 saturated heterocycles. The molecule has 0 aromatic heterocycles. The van der Waals surface area contributed by atoms with Crippen molar-refractivity contribution >= 4 is 0 Å². The molecule has 2 nitrogen and oxygen atoms in total. The van der Waals surface area contributed by atoms with Crippen LogP contribution in [-0.2, 0) is 0 Å². The summed E-state index contributed by atoms with van der Waals surface area (Å²) in [6, 6.07) is 1.20. The van der Waals surface area contributed by atoms with E-state index >= 15 is 0 Å². The molecule has 3 unspecified atom stereocenters. The SMILES string of the molecule is CNC1CCCC1N1CCC(F)C1. The maximum atomic E-state index is 13.0. The Bertz CT molecular complexity index is 174. The molecule has 3 heteroatoms. The third kappa shape index (κ3) is 1.86. The zero-order chi connectivity index (χ0) is 9.26. The highest BCUT2D eigenvalue weighted by molar-refractivity contribution is 4.92. The summed E-state index contributed by atoms with van der Waals surface area (Å²) < 4.78 is 13.0. The van der Waals surface area contributed by atoms with E-state index in [1.165, 1.54) is 19.3 Å². The summed E-state index contributed by atoms with van der Waals surface area (Å²) in [5.74, 6) is 0. The number of halogens is 1. The summed E-state index contributed by atoms with van der Waals surface area (Å²) >= 11 is 0. The van der Waals surface area contributed by atoms with Crippen LogP contribution < -0.4 is 5.32 Å². The fourth-order valence-corrected chi connectivity index (χ4v) is 2.76. The summed E-state index contributed by atoms with van der Waals surface area (Å²) in [4.78, 5) is 2.33. The first-order chi connectivity index (χ1) is 6.31. The highest BCUT2D eigenvalue weighted by Crippen LogP contribution is 2.27. The van der Waals surface area contributed by atoms with Crippen molar-refractivity contribution in [2.75, 3.05) is 20.1 Å². The summed E-state index contributed by atoms with van der Waals surface area (Å²) in [6.45, 7) is 1.63. The number of hydrogen-bond donors (Lipinski definition) is 1. The molecule has 2 rings (SSSR count). The van der Waals surface area contributed by atoms with E-state index in [9.17, 15) is 4.39 Å². The van der Waals surface area contributed by atoms with Crippen LogP contribution in [0.2, 0.25) is 0 Å². The summed E-state index contributed by atoms with van der Waals surface area (Å²) in [5.41, 5.74) is 0. The molecule has 0 aromatic rings. The lowest BCUT2D eigenvalue weighted by molar-refractivity contribution is 0.199. The smallest absolute Gasteiger partial charge is 0.114 e. The van der Waals surface area contributed by atoms with Gasteiger partial charge >= 0.3 is 0 Å². The van der Waals surface area contributed by atoms with E-state index in [0.717, 1.165) is 13.0 Å². The Morgan fingerprint density at radius 2 is 2.15 bits per heavy atom. The zero-order valence-electron chi connectivity index (χ0n) is 8.30. The van der Waals surface area contributed by atoms with E-state index in [2.05, 4.69) is 10.2 Å². The summed E-state index contributed by atoms with van der Waals surface area (Å²) in [7, 11) is 2.02. The van der Waals surface area contributed by atoms with E-state index in [4.69, 9.17) is 0 Å². The third-order valence-corrected chi connectivity index (χ3v) is 3.48. The van der Waals surface area contributed by atoms with Gasteiger partial charge in [-0.25, -0.2) is 4.39 Å². The topological polar surface area (TPSA) is 15.3 Å². The van der Waals surface area contributed by atoms with Crippen LogP contribution in [0, 0.1) is 0 Å². The van der Waals surface area contributed by atoms with Gasteiger partial charge in [0.15, 0.2) is 0 Å². The average Bonchev–Trinajstić information content (AvgIpc) is 2.71. The Morgan fingerprint density at radius 3 is 2.77 bits per heavy atom. The molecule has 0 radical (unpaired) electrons. The maximum absolute atomic E-state index is 13.0. The van der Waals surface area contributed by atoms with E-state index < -0.39 is 6.17 Å². The van der Waals surface area contributed by atoms with Crippen molar-refractivity contribution in [3.8, 4) is 0 Å². The lowest BCUT2D eigenvalue weighted by Crippen LogP contribution is -2.44. The number of likely N-dealkylation sites (N-methyl/N-ethyl adjacent to an activating group) is 1. The predicted octanol–water partition coefficient (Wildman–Crippen LogP) is 1.17. The zero-order valence-corrected chi connectivity index (χ0v) is 8.30. The molecule has 0 aromatic carbocycles. The largest absolute Gasteiger partial charge is 0.315 e. The van der Waals surface area contributed by atoms with Crippen LogP contribution in [0.5, 0.6) is 0 Å². The molecule has 2 fully saturated rings. The first kappa shape index (κ1) is 9.41. The number of rotatable bonds is 2. The van der Waals surface area contributed by atoms with E-state index in [1.54, 1.807) is 0 Å². The van der Waals surface area contributed by atoms with Crippen molar-refractivity contribution in [2.45, 2.75) is 43.9 Å². The fraction of sp³-hybridized carbons (Fsp3) is 1.00. The monoisotopic (exact) mass is 186 g/mol. The third-order valence-electron chi connectivity index (χ3n) is 3.48. The van der Waals surface area contributed by atoms with Crippen LogP contribution in [0.15, 0.2) is 0 Å². The highest BCUT2D eigenvalue weighted by atomic mass is 19.1. The number of nitrogens with zero attached hydrogens (tertiary/aromatic N) is 1. The van der Waals surface area contributed by atoms with Gasteiger partial charge in [0.25, 0.3) is 0 Å². The molecule has 0 amide bonds. The molecule has 1 heterocycles. The second-order valence-electron chi connectivity index (χ2n) is 4.27. The molecule has 1 N–H and O–H groups in total. The van der Waals surface area contributed by atoms with Gasteiger partial charge in [-0.2, -0.15) is 0 Å². The minimum absolute atomic E-state index is 0.571. The first-order valence-corrected chi connectivity index (χ1v) is 5.36. The molecule has 1 aliphatic heterocycles. The molecule has 13 heavy (non-hydrogen) atoms. The van der Waals surface area contributed by atoms with Gasteiger partial charge in [-0.15, -0.1) is 0 Å². The fourth-order valence-electron chi connectivity index (χ4n) is 2.76. The quantitative estimate of drug-likeness (QED) is 0.696. The van der Waals surface area contributed by atoms with E-state index in [0.29, 0.717) is 18.6 Å². The Kier molecular flexibility index (Phi) is 2.84. The van der Waals surface area contributed by atoms with Crippen LogP contribution in [0.3, 0.4) is 0 Å². The number of alkyl halides is 1. The van der Waals surface area contributed by atoms with Gasteiger partial charge in [0.2, 0.25) is 0 Å². The van der Waals surface area contributed by atoms with Crippen LogP contribution in [0.4, 0.5) is 4.39 Å².